The second-order valence-electron chi connectivity index (χ2n) is 18.6. The van der Waals surface area contributed by atoms with Gasteiger partial charge in [0, 0.05) is 0 Å². The number of ether oxygens (including phenoxy) is 2. The van der Waals surface area contributed by atoms with Gasteiger partial charge in [-0.3, -0.25) is 4.79 Å². The highest BCUT2D eigenvalue weighted by Gasteiger charge is 2.44. The summed E-state index contributed by atoms with van der Waals surface area (Å²) in [5.41, 5.74) is 0. The fraction of sp³-hybridized carbons (Fsp3) is 0.868. The van der Waals surface area contributed by atoms with Crippen molar-refractivity contribution in [2.45, 2.75) is 281 Å². The second kappa shape index (κ2) is 42.7. The number of hydrogen-bond acceptors (Lipinski definition) is 10. The van der Waals surface area contributed by atoms with E-state index in [4.69, 9.17) is 9.47 Å². The molecule has 0 aromatic rings. The highest BCUT2D eigenvalue weighted by molar-refractivity contribution is 5.80. The number of rotatable bonds is 44. The van der Waals surface area contributed by atoms with Crippen LogP contribution in [-0.2, 0) is 14.3 Å². The molecule has 0 aromatic heterocycles. The summed E-state index contributed by atoms with van der Waals surface area (Å²) in [5, 5.41) is 75.8. The summed E-state index contributed by atoms with van der Waals surface area (Å²) in [6, 6.07) is -1.19. The van der Waals surface area contributed by atoms with E-state index in [2.05, 4.69) is 55.6 Å². The molecule has 1 amide bonds. The van der Waals surface area contributed by atoms with E-state index in [-0.39, 0.29) is 12.8 Å². The highest BCUT2D eigenvalue weighted by atomic mass is 16.7. The van der Waals surface area contributed by atoms with Crippen molar-refractivity contribution in [2.75, 3.05) is 13.2 Å². The van der Waals surface area contributed by atoms with Crippen molar-refractivity contribution in [3.05, 3.63) is 36.5 Å². The Morgan fingerprint density at radius 2 is 0.938 bits per heavy atom. The van der Waals surface area contributed by atoms with Crippen LogP contribution in [0, 0.1) is 0 Å². The Kier molecular flexibility index (Phi) is 40.2. The van der Waals surface area contributed by atoms with E-state index >= 15 is 0 Å². The lowest BCUT2D eigenvalue weighted by Crippen LogP contribution is -2.60. The largest absolute Gasteiger partial charge is 0.394 e. The average Bonchev–Trinajstić information content (AvgIpc) is 3.29. The molecule has 8 N–H and O–H groups in total. The van der Waals surface area contributed by atoms with Gasteiger partial charge in [0.1, 0.15) is 36.6 Å². The minimum atomic E-state index is -1.67. The van der Waals surface area contributed by atoms with Crippen molar-refractivity contribution in [3.63, 3.8) is 0 Å². The third-order valence-corrected chi connectivity index (χ3v) is 12.6. The molecule has 0 aromatic carbocycles. The molecule has 1 fully saturated rings. The molecule has 0 saturated carbocycles. The molecule has 64 heavy (non-hydrogen) atoms. The minimum absolute atomic E-state index is 0.244. The van der Waals surface area contributed by atoms with Gasteiger partial charge in [0.2, 0.25) is 5.91 Å². The Balaban J connectivity index is 2.39. The maximum atomic E-state index is 13.1. The standard InChI is InChI=1S/C53H99NO10/c1-3-5-7-9-11-13-15-17-19-20-21-22-23-24-25-27-29-31-33-35-37-39-41-46(57)52(62)54-44(43-63-53-51(61)50(60)49(59)47(42-55)64-53)48(58)45(56)40-38-36-34-32-30-28-26-18-16-14-12-10-8-6-4-2/h18,24-26,32,34,44-51,53,55-61H,3-17,19-23,27-31,33,35-43H2,1-2H3,(H,54,62)/b25-24-,26-18+,34-32+. The van der Waals surface area contributed by atoms with Crippen molar-refractivity contribution in [1.29, 1.82) is 0 Å². The molecule has 11 heteroatoms. The van der Waals surface area contributed by atoms with E-state index in [1.807, 2.05) is 0 Å². The summed E-state index contributed by atoms with van der Waals surface area (Å²) in [4.78, 5) is 13.1. The van der Waals surface area contributed by atoms with E-state index in [1.165, 1.54) is 122 Å². The molecule has 1 rings (SSSR count). The molecule has 1 aliphatic rings. The molecule has 1 aliphatic heterocycles. The Bertz CT molecular complexity index is 1130. The van der Waals surface area contributed by atoms with E-state index < -0.39 is 74.2 Å². The normalized spacial score (nSPS) is 21.3. The zero-order valence-corrected chi connectivity index (χ0v) is 40.8. The molecule has 1 heterocycles. The monoisotopic (exact) mass is 910 g/mol. The summed E-state index contributed by atoms with van der Waals surface area (Å²) in [5.74, 6) is -0.715. The minimum Gasteiger partial charge on any atom is -0.394 e. The Morgan fingerprint density at radius 1 is 0.531 bits per heavy atom. The van der Waals surface area contributed by atoms with Gasteiger partial charge in [-0.15, -0.1) is 0 Å². The van der Waals surface area contributed by atoms with Crippen LogP contribution in [-0.4, -0.2) is 110 Å². The van der Waals surface area contributed by atoms with Crippen LogP contribution in [0.1, 0.15) is 226 Å². The molecule has 376 valence electrons. The zero-order chi connectivity index (χ0) is 46.9. The number of amides is 1. The number of unbranched alkanes of at least 4 members (excludes halogenated alkanes) is 26. The van der Waals surface area contributed by atoms with Gasteiger partial charge >= 0.3 is 0 Å². The number of nitrogens with one attached hydrogen (secondary N) is 1. The van der Waals surface area contributed by atoms with Crippen LogP contribution in [0.3, 0.4) is 0 Å². The third-order valence-electron chi connectivity index (χ3n) is 12.6. The molecule has 0 bridgehead atoms. The smallest absolute Gasteiger partial charge is 0.249 e. The van der Waals surface area contributed by atoms with E-state index in [0.29, 0.717) is 19.3 Å². The van der Waals surface area contributed by atoms with Gasteiger partial charge < -0.3 is 50.5 Å². The Labute approximate surface area is 390 Å². The lowest BCUT2D eigenvalue weighted by Gasteiger charge is -2.40. The van der Waals surface area contributed by atoms with Gasteiger partial charge in [-0.05, 0) is 77.0 Å². The van der Waals surface area contributed by atoms with Gasteiger partial charge in [0.15, 0.2) is 6.29 Å². The molecular formula is C53H99NO10. The maximum absolute atomic E-state index is 13.1. The van der Waals surface area contributed by atoms with E-state index in [1.54, 1.807) is 0 Å². The molecule has 0 spiro atoms. The van der Waals surface area contributed by atoms with Crippen LogP contribution >= 0.6 is 0 Å². The number of carbonyl (C=O) groups excluding carboxylic acids is 1. The fourth-order valence-electron chi connectivity index (χ4n) is 8.28. The molecule has 9 atom stereocenters. The molecular weight excluding hydrogens is 811 g/mol. The number of aliphatic hydroxyl groups excluding tert-OH is 7. The average molecular weight is 910 g/mol. The number of carbonyl (C=O) groups is 1. The lowest BCUT2D eigenvalue weighted by molar-refractivity contribution is -0.303. The zero-order valence-electron chi connectivity index (χ0n) is 40.8. The fourth-order valence-corrected chi connectivity index (χ4v) is 8.28. The molecule has 0 radical (unpaired) electrons. The summed E-state index contributed by atoms with van der Waals surface area (Å²) < 4.78 is 11.1. The molecule has 11 nitrogen and oxygen atoms in total. The lowest BCUT2D eigenvalue weighted by atomic mass is 9.98. The quantitative estimate of drug-likeness (QED) is 0.0216. The molecule has 9 unspecified atom stereocenters. The maximum Gasteiger partial charge on any atom is 0.249 e. The SMILES string of the molecule is CCCCCCCC/C=C/CC/C=C/CCCC(O)C(O)C(COC1OC(CO)C(O)C(O)C1O)NC(=O)C(O)CCCCCCCC/C=C\CCCCCCCCCCCCCC. The molecule has 1 saturated heterocycles. The Morgan fingerprint density at radius 3 is 1.39 bits per heavy atom. The van der Waals surface area contributed by atoms with E-state index in [9.17, 15) is 40.5 Å². The van der Waals surface area contributed by atoms with Gasteiger partial charge in [0.05, 0.1) is 25.4 Å². The van der Waals surface area contributed by atoms with Crippen molar-refractivity contribution >= 4 is 5.91 Å². The van der Waals surface area contributed by atoms with Gasteiger partial charge in [-0.25, -0.2) is 0 Å². The summed E-state index contributed by atoms with van der Waals surface area (Å²) in [6.07, 6.45) is 39.1. The van der Waals surface area contributed by atoms with Crippen LogP contribution < -0.4 is 5.32 Å². The number of aliphatic hydroxyl groups is 7. The van der Waals surface area contributed by atoms with Crippen LogP contribution in [0.5, 0.6) is 0 Å². The van der Waals surface area contributed by atoms with Crippen molar-refractivity contribution in [1.82, 2.24) is 5.32 Å². The summed E-state index contributed by atoms with van der Waals surface area (Å²) in [7, 11) is 0. The number of allylic oxidation sites excluding steroid dienone is 6. The van der Waals surface area contributed by atoms with Crippen LogP contribution in [0.15, 0.2) is 36.5 Å². The highest BCUT2D eigenvalue weighted by Crippen LogP contribution is 2.23. The summed E-state index contributed by atoms with van der Waals surface area (Å²) >= 11 is 0. The molecule has 0 aliphatic carbocycles. The van der Waals surface area contributed by atoms with Gasteiger partial charge in [-0.2, -0.15) is 0 Å². The van der Waals surface area contributed by atoms with Crippen molar-refractivity contribution < 1.29 is 50.0 Å². The topological polar surface area (TPSA) is 189 Å². The van der Waals surface area contributed by atoms with Crippen molar-refractivity contribution in [2.24, 2.45) is 0 Å². The third kappa shape index (κ3) is 31.3. The first-order valence-corrected chi connectivity index (χ1v) is 26.4. The summed E-state index contributed by atoms with van der Waals surface area (Å²) in [6.45, 7) is 3.42. The van der Waals surface area contributed by atoms with Gasteiger partial charge in [-0.1, -0.05) is 185 Å². The van der Waals surface area contributed by atoms with Crippen molar-refractivity contribution in [3.8, 4) is 0 Å². The predicted molar refractivity (Wildman–Crippen MR) is 261 cm³/mol. The Hall–Kier alpha value is -1.67. The second-order valence-corrected chi connectivity index (χ2v) is 18.6. The van der Waals surface area contributed by atoms with Crippen LogP contribution in [0.4, 0.5) is 0 Å². The van der Waals surface area contributed by atoms with Crippen LogP contribution in [0.25, 0.3) is 0 Å². The first-order valence-electron chi connectivity index (χ1n) is 26.4. The predicted octanol–water partition coefficient (Wildman–Crippen LogP) is 9.95. The van der Waals surface area contributed by atoms with Crippen LogP contribution in [0.2, 0.25) is 0 Å². The first kappa shape index (κ1) is 60.3. The number of hydrogen-bond donors (Lipinski definition) is 8. The first-order chi connectivity index (χ1) is 31.2. The van der Waals surface area contributed by atoms with Gasteiger partial charge in [0.25, 0.3) is 0 Å². The van der Waals surface area contributed by atoms with E-state index in [0.717, 1.165) is 57.8 Å².